The maximum absolute atomic E-state index is 11.5. The van der Waals surface area contributed by atoms with Crippen LogP contribution < -0.4 is 5.32 Å². The predicted molar refractivity (Wildman–Crippen MR) is 65.8 cm³/mol. The number of hydrogen-bond acceptors (Lipinski definition) is 4. The van der Waals surface area contributed by atoms with E-state index in [9.17, 15) is 8.42 Å². The Morgan fingerprint density at radius 3 is 2.81 bits per heavy atom. The summed E-state index contributed by atoms with van der Waals surface area (Å²) in [6.45, 7) is 1.93. The maximum atomic E-state index is 11.5. The van der Waals surface area contributed by atoms with Gasteiger partial charge >= 0.3 is 0 Å². The first-order chi connectivity index (χ1) is 7.45. The van der Waals surface area contributed by atoms with Crippen molar-refractivity contribution in [1.82, 2.24) is 4.98 Å². The Hall–Kier alpha value is -0.810. The summed E-state index contributed by atoms with van der Waals surface area (Å²) in [5, 5.41) is 3.04. The summed E-state index contributed by atoms with van der Waals surface area (Å²) < 4.78 is 23.0. The lowest BCUT2D eigenvalue weighted by Crippen LogP contribution is -2.18. The largest absolute Gasteiger partial charge is 0.366 e. The van der Waals surface area contributed by atoms with Gasteiger partial charge in [0.05, 0.1) is 0 Å². The Kier molecular flexibility index (Phi) is 4.56. The maximum Gasteiger partial charge on any atom is 0.179 e. The zero-order chi connectivity index (χ0) is 12.2. The topological polar surface area (TPSA) is 59.1 Å². The first-order valence-electron chi connectivity index (χ1n) is 4.92. The molecule has 1 atom stereocenters. The van der Waals surface area contributed by atoms with Crippen LogP contribution in [0.25, 0.3) is 0 Å². The number of nitrogens with zero attached hydrogens (tertiary/aromatic N) is 1. The van der Waals surface area contributed by atoms with Gasteiger partial charge in [0.25, 0.3) is 0 Å². The highest BCUT2D eigenvalue weighted by atomic mass is 35.5. The van der Waals surface area contributed by atoms with Gasteiger partial charge in [0.1, 0.15) is 10.7 Å². The van der Waals surface area contributed by atoms with E-state index in [1.807, 2.05) is 6.92 Å². The van der Waals surface area contributed by atoms with E-state index >= 15 is 0 Å². The van der Waals surface area contributed by atoms with Gasteiger partial charge in [0, 0.05) is 24.4 Å². The molecule has 0 radical (unpaired) electrons. The molecule has 1 N–H and O–H groups in total. The average molecular weight is 263 g/mol. The number of hydrogen-bond donors (Lipinski definition) is 1. The number of alkyl halides is 1. The third-order valence-electron chi connectivity index (χ3n) is 2.10. The predicted octanol–water partition coefficient (Wildman–Crippen LogP) is 1.91. The van der Waals surface area contributed by atoms with Crippen LogP contribution in [0.3, 0.4) is 0 Å². The second kappa shape index (κ2) is 5.50. The van der Waals surface area contributed by atoms with Crippen LogP contribution in [0.1, 0.15) is 13.3 Å². The lowest BCUT2D eigenvalue weighted by atomic mass is 10.2. The molecule has 1 aromatic rings. The third-order valence-corrected chi connectivity index (χ3v) is 3.44. The van der Waals surface area contributed by atoms with Crippen LogP contribution in [0, 0.1) is 0 Å². The molecular weight excluding hydrogens is 248 g/mol. The summed E-state index contributed by atoms with van der Waals surface area (Å²) in [7, 11) is -3.25. The Balaban J connectivity index is 2.96. The standard InChI is InChI=1S/C10H15ClN2O2S/c1-8(5-6-11)13-10-9(16(2,14)15)4-3-7-12-10/h3-4,7-8H,5-6H2,1-2H3,(H,12,13). The van der Waals surface area contributed by atoms with Crippen molar-refractivity contribution in [2.24, 2.45) is 0 Å². The van der Waals surface area contributed by atoms with E-state index in [0.29, 0.717) is 11.7 Å². The smallest absolute Gasteiger partial charge is 0.179 e. The summed E-state index contributed by atoms with van der Waals surface area (Å²) in [4.78, 5) is 4.25. The highest BCUT2D eigenvalue weighted by molar-refractivity contribution is 7.90. The van der Waals surface area contributed by atoms with Crippen LogP contribution in [-0.4, -0.2) is 31.6 Å². The van der Waals surface area contributed by atoms with E-state index < -0.39 is 9.84 Å². The van der Waals surface area contributed by atoms with Gasteiger partial charge < -0.3 is 5.32 Å². The molecule has 1 heterocycles. The average Bonchev–Trinajstić information content (AvgIpc) is 2.17. The van der Waals surface area contributed by atoms with Crippen molar-refractivity contribution in [2.45, 2.75) is 24.3 Å². The number of aromatic nitrogens is 1. The highest BCUT2D eigenvalue weighted by Crippen LogP contribution is 2.18. The monoisotopic (exact) mass is 262 g/mol. The van der Waals surface area contributed by atoms with Gasteiger partial charge in [-0.15, -0.1) is 11.6 Å². The summed E-state index contributed by atoms with van der Waals surface area (Å²) >= 11 is 5.61. The van der Waals surface area contributed by atoms with E-state index in [1.165, 1.54) is 12.3 Å². The van der Waals surface area contributed by atoms with Crippen LogP contribution in [0.4, 0.5) is 5.82 Å². The minimum absolute atomic E-state index is 0.0906. The molecule has 1 unspecified atom stereocenters. The molecule has 0 fully saturated rings. The highest BCUT2D eigenvalue weighted by Gasteiger charge is 2.15. The van der Waals surface area contributed by atoms with Crippen LogP contribution in [-0.2, 0) is 9.84 Å². The summed E-state index contributed by atoms with van der Waals surface area (Å²) in [5.74, 6) is 0.914. The van der Waals surface area contributed by atoms with Crippen molar-refractivity contribution in [1.29, 1.82) is 0 Å². The molecule has 0 spiro atoms. The first kappa shape index (κ1) is 13.3. The quantitative estimate of drug-likeness (QED) is 0.824. The minimum Gasteiger partial charge on any atom is -0.366 e. The lowest BCUT2D eigenvalue weighted by molar-refractivity contribution is 0.601. The number of anilines is 1. The fraction of sp³-hybridized carbons (Fsp3) is 0.500. The zero-order valence-electron chi connectivity index (χ0n) is 9.27. The van der Waals surface area contributed by atoms with E-state index in [4.69, 9.17) is 11.6 Å². The van der Waals surface area contributed by atoms with Crippen LogP contribution in [0.2, 0.25) is 0 Å². The van der Waals surface area contributed by atoms with Crippen molar-refractivity contribution < 1.29 is 8.42 Å². The molecule has 0 aliphatic rings. The molecule has 16 heavy (non-hydrogen) atoms. The molecule has 0 saturated heterocycles. The molecule has 0 bridgehead atoms. The van der Waals surface area contributed by atoms with Crippen molar-refractivity contribution in [3.63, 3.8) is 0 Å². The number of halogens is 1. The number of pyridine rings is 1. The summed E-state index contributed by atoms with van der Waals surface area (Å²) in [6, 6.07) is 3.24. The summed E-state index contributed by atoms with van der Waals surface area (Å²) in [5.41, 5.74) is 0. The van der Waals surface area contributed by atoms with Crippen molar-refractivity contribution in [3.05, 3.63) is 18.3 Å². The van der Waals surface area contributed by atoms with E-state index in [2.05, 4.69) is 10.3 Å². The van der Waals surface area contributed by atoms with Gasteiger partial charge in [0.2, 0.25) is 0 Å². The van der Waals surface area contributed by atoms with Crippen LogP contribution >= 0.6 is 11.6 Å². The Labute approximate surface area is 101 Å². The zero-order valence-corrected chi connectivity index (χ0v) is 10.8. The Morgan fingerprint density at radius 1 is 1.56 bits per heavy atom. The molecule has 0 aliphatic heterocycles. The van der Waals surface area contributed by atoms with Gasteiger partial charge in [-0.05, 0) is 25.5 Å². The Morgan fingerprint density at radius 2 is 2.25 bits per heavy atom. The van der Waals surface area contributed by atoms with Crippen LogP contribution in [0.15, 0.2) is 23.2 Å². The molecule has 4 nitrogen and oxygen atoms in total. The molecule has 0 aliphatic carbocycles. The number of sulfone groups is 1. The van der Waals surface area contributed by atoms with Gasteiger partial charge in [-0.3, -0.25) is 0 Å². The molecule has 1 rings (SSSR count). The molecule has 90 valence electrons. The molecule has 1 aromatic heterocycles. The normalized spacial score (nSPS) is 13.4. The van der Waals surface area contributed by atoms with Gasteiger partial charge in [-0.2, -0.15) is 0 Å². The number of nitrogens with one attached hydrogen (secondary N) is 1. The fourth-order valence-corrected chi connectivity index (χ4v) is 2.38. The Bertz CT molecular complexity index is 448. The second-order valence-corrected chi connectivity index (χ2v) is 6.01. The van der Waals surface area contributed by atoms with Gasteiger partial charge in [-0.1, -0.05) is 0 Å². The first-order valence-corrected chi connectivity index (χ1v) is 7.35. The minimum atomic E-state index is -3.25. The molecular formula is C10H15ClN2O2S. The van der Waals surface area contributed by atoms with E-state index in [0.717, 1.165) is 6.42 Å². The molecule has 0 saturated carbocycles. The lowest BCUT2D eigenvalue weighted by Gasteiger charge is -2.15. The van der Waals surface area contributed by atoms with E-state index in [1.54, 1.807) is 12.3 Å². The van der Waals surface area contributed by atoms with Crippen LogP contribution in [0.5, 0.6) is 0 Å². The number of rotatable bonds is 5. The van der Waals surface area contributed by atoms with Crippen molar-refractivity contribution in [2.75, 3.05) is 17.5 Å². The third kappa shape index (κ3) is 3.64. The van der Waals surface area contributed by atoms with Crippen molar-refractivity contribution in [3.8, 4) is 0 Å². The van der Waals surface area contributed by atoms with Gasteiger partial charge in [-0.25, -0.2) is 13.4 Å². The summed E-state index contributed by atoms with van der Waals surface area (Å²) in [6.07, 6.45) is 3.48. The molecule has 6 heteroatoms. The van der Waals surface area contributed by atoms with E-state index in [-0.39, 0.29) is 10.9 Å². The fourth-order valence-electron chi connectivity index (χ4n) is 1.27. The van der Waals surface area contributed by atoms with Crippen molar-refractivity contribution >= 4 is 27.3 Å². The molecule has 0 aromatic carbocycles. The SMILES string of the molecule is CC(CCCl)Nc1ncccc1S(C)(=O)=O. The molecule has 0 amide bonds. The second-order valence-electron chi connectivity index (χ2n) is 3.65. The van der Waals surface area contributed by atoms with Gasteiger partial charge in [0.15, 0.2) is 9.84 Å².